The summed E-state index contributed by atoms with van der Waals surface area (Å²) in [6.07, 6.45) is 4.50. The molecule has 1 heterocycles. The molecule has 1 aromatic carbocycles. The average Bonchev–Trinajstić information content (AvgIpc) is 2.49. The number of halogens is 1. The molecule has 1 atom stereocenters. The highest BCUT2D eigenvalue weighted by Crippen LogP contribution is 2.47. The van der Waals surface area contributed by atoms with E-state index in [2.05, 4.69) is 32.7 Å². The van der Waals surface area contributed by atoms with Crippen LogP contribution in [0.3, 0.4) is 0 Å². The molecule has 2 aromatic rings. The molecule has 2 rings (SSSR count). The van der Waals surface area contributed by atoms with Gasteiger partial charge in [0.25, 0.3) is 0 Å². The predicted molar refractivity (Wildman–Crippen MR) is 87.1 cm³/mol. The first-order valence-corrected chi connectivity index (χ1v) is 7.72. The van der Waals surface area contributed by atoms with E-state index in [9.17, 15) is 4.39 Å². The van der Waals surface area contributed by atoms with E-state index in [0.29, 0.717) is 6.61 Å². The summed E-state index contributed by atoms with van der Waals surface area (Å²) in [5.41, 5.74) is 1.05. The SMILES string of the molecule is CCCOC(c1ccc(F)cc1)(c1cccnc1)C(C)(C)C. The topological polar surface area (TPSA) is 22.1 Å². The van der Waals surface area contributed by atoms with Gasteiger partial charge < -0.3 is 4.74 Å². The first kappa shape index (κ1) is 16.6. The normalized spacial score (nSPS) is 14.6. The molecular weight excluding hydrogens is 277 g/mol. The summed E-state index contributed by atoms with van der Waals surface area (Å²) in [7, 11) is 0. The molecule has 1 unspecified atom stereocenters. The number of nitrogens with zero attached hydrogens (tertiary/aromatic N) is 1. The molecule has 3 heteroatoms. The molecule has 0 bridgehead atoms. The van der Waals surface area contributed by atoms with E-state index in [4.69, 9.17) is 4.74 Å². The number of hydrogen-bond acceptors (Lipinski definition) is 2. The van der Waals surface area contributed by atoms with Gasteiger partial charge in [-0.05, 0) is 35.6 Å². The van der Waals surface area contributed by atoms with Gasteiger partial charge in [0, 0.05) is 24.6 Å². The van der Waals surface area contributed by atoms with Crippen molar-refractivity contribution in [1.29, 1.82) is 0 Å². The maximum atomic E-state index is 13.4. The molecule has 0 aliphatic heterocycles. The summed E-state index contributed by atoms with van der Waals surface area (Å²) in [5, 5.41) is 0. The maximum Gasteiger partial charge on any atom is 0.124 e. The fraction of sp³-hybridized carbons (Fsp3) is 0.421. The zero-order valence-electron chi connectivity index (χ0n) is 13.8. The van der Waals surface area contributed by atoms with Gasteiger partial charge in [-0.2, -0.15) is 0 Å². The molecule has 22 heavy (non-hydrogen) atoms. The van der Waals surface area contributed by atoms with Crippen LogP contribution in [-0.2, 0) is 10.3 Å². The van der Waals surface area contributed by atoms with E-state index < -0.39 is 5.60 Å². The molecule has 2 nitrogen and oxygen atoms in total. The summed E-state index contributed by atoms with van der Waals surface area (Å²) in [5.74, 6) is -0.242. The Kier molecular flexibility index (Phi) is 4.97. The minimum Gasteiger partial charge on any atom is -0.365 e. The van der Waals surface area contributed by atoms with Crippen molar-refractivity contribution in [2.24, 2.45) is 5.41 Å². The smallest absolute Gasteiger partial charge is 0.124 e. The number of benzene rings is 1. The lowest BCUT2D eigenvalue weighted by atomic mass is 9.68. The Labute approximate surface area is 132 Å². The second-order valence-electron chi connectivity index (χ2n) is 6.53. The Morgan fingerprint density at radius 3 is 2.23 bits per heavy atom. The number of aromatic nitrogens is 1. The molecule has 0 spiro atoms. The van der Waals surface area contributed by atoms with E-state index in [1.807, 2.05) is 30.5 Å². The van der Waals surface area contributed by atoms with E-state index >= 15 is 0 Å². The van der Waals surface area contributed by atoms with Crippen LogP contribution in [0.4, 0.5) is 4.39 Å². The second kappa shape index (κ2) is 6.57. The molecule has 0 aliphatic rings. The Morgan fingerprint density at radius 1 is 1.05 bits per heavy atom. The fourth-order valence-electron chi connectivity index (χ4n) is 2.93. The van der Waals surface area contributed by atoms with Crippen molar-refractivity contribution in [3.8, 4) is 0 Å². The quantitative estimate of drug-likeness (QED) is 0.780. The van der Waals surface area contributed by atoms with Crippen LogP contribution >= 0.6 is 0 Å². The lowest BCUT2D eigenvalue weighted by Crippen LogP contribution is -2.44. The Morgan fingerprint density at radius 2 is 1.73 bits per heavy atom. The van der Waals surface area contributed by atoms with Gasteiger partial charge in [-0.3, -0.25) is 4.98 Å². The highest BCUT2D eigenvalue weighted by Gasteiger charge is 2.46. The van der Waals surface area contributed by atoms with Crippen molar-refractivity contribution in [2.75, 3.05) is 6.61 Å². The molecular formula is C19H24FNO. The van der Waals surface area contributed by atoms with Gasteiger partial charge >= 0.3 is 0 Å². The Bertz CT molecular complexity index is 589. The van der Waals surface area contributed by atoms with Gasteiger partial charge in [-0.1, -0.05) is 45.9 Å². The Balaban J connectivity index is 2.67. The molecule has 0 saturated carbocycles. The summed E-state index contributed by atoms with van der Waals surface area (Å²) >= 11 is 0. The highest BCUT2D eigenvalue weighted by atomic mass is 19.1. The zero-order valence-corrected chi connectivity index (χ0v) is 13.8. The number of ether oxygens (including phenoxy) is 1. The van der Waals surface area contributed by atoms with Gasteiger partial charge in [-0.15, -0.1) is 0 Å². The van der Waals surface area contributed by atoms with E-state index in [1.54, 1.807) is 6.20 Å². The number of pyridine rings is 1. The Hall–Kier alpha value is -1.74. The standard InChI is InChI=1S/C19H24FNO/c1-5-13-22-19(18(2,3)4,16-7-6-12-21-14-16)15-8-10-17(20)11-9-15/h6-12,14H,5,13H2,1-4H3. The van der Waals surface area contributed by atoms with Crippen LogP contribution in [0.5, 0.6) is 0 Å². The minimum atomic E-state index is -0.662. The van der Waals surface area contributed by atoms with Crippen molar-refractivity contribution in [2.45, 2.75) is 39.7 Å². The largest absolute Gasteiger partial charge is 0.365 e. The average molecular weight is 301 g/mol. The van der Waals surface area contributed by atoms with Crippen molar-refractivity contribution in [3.05, 3.63) is 65.7 Å². The van der Waals surface area contributed by atoms with Crippen molar-refractivity contribution >= 4 is 0 Å². The molecule has 0 amide bonds. The molecule has 0 fully saturated rings. The van der Waals surface area contributed by atoms with E-state index in [-0.39, 0.29) is 11.2 Å². The van der Waals surface area contributed by atoms with Crippen LogP contribution < -0.4 is 0 Å². The molecule has 0 aliphatic carbocycles. The van der Waals surface area contributed by atoms with Crippen molar-refractivity contribution < 1.29 is 9.13 Å². The van der Waals surface area contributed by atoms with Crippen LogP contribution in [0, 0.1) is 11.2 Å². The van der Waals surface area contributed by atoms with Crippen LogP contribution in [0.15, 0.2) is 48.8 Å². The number of rotatable bonds is 5. The summed E-state index contributed by atoms with van der Waals surface area (Å²) < 4.78 is 19.8. The van der Waals surface area contributed by atoms with Crippen molar-refractivity contribution in [3.63, 3.8) is 0 Å². The first-order valence-electron chi connectivity index (χ1n) is 7.72. The van der Waals surface area contributed by atoms with Crippen LogP contribution in [0.25, 0.3) is 0 Å². The molecule has 0 N–H and O–H groups in total. The molecule has 1 aromatic heterocycles. The van der Waals surface area contributed by atoms with Gasteiger partial charge in [0.05, 0.1) is 0 Å². The highest BCUT2D eigenvalue weighted by molar-refractivity contribution is 5.37. The summed E-state index contributed by atoms with van der Waals surface area (Å²) in [6.45, 7) is 9.13. The van der Waals surface area contributed by atoms with Gasteiger partial charge in [0.1, 0.15) is 11.4 Å². The summed E-state index contributed by atoms with van der Waals surface area (Å²) in [4.78, 5) is 4.26. The van der Waals surface area contributed by atoms with Crippen molar-refractivity contribution in [1.82, 2.24) is 4.98 Å². The minimum absolute atomic E-state index is 0.219. The zero-order chi connectivity index (χ0) is 16.2. The van der Waals surface area contributed by atoms with Crippen LogP contribution in [0.2, 0.25) is 0 Å². The third kappa shape index (κ3) is 3.05. The molecule has 0 saturated heterocycles. The van der Waals surface area contributed by atoms with E-state index in [1.165, 1.54) is 12.1 Å². The lowest BCUT2D eigenvalue weighted by Gasteiger charge is -2.45. The monoisotopic (exact) mass is 301 g/mol. The maximum absolute atomic E-state index is 13.4. The lowest BCUT2D eigenvalue weighted by molar-refractivity contribution is -0.0930. The summed E-state index contributed by atoms with van der Waals surface area (Å²) in [6, 6.07) is 10.5. The molecule has 118 valence electrons. The van der Waals surface area contributed by atoms with Gasteiger partial charge in [-0.25, -0.2) is 4.39 Å². The van der Waals surface area contributed by atoms with Gasteiger partial charge in [0.15, 0.2) is 0 Å². The van der Waals surface area contributed by atoms with Crippen LogP contribution in [-0.4, -0.2) is 11.6 Å². The predicted octanol–water partition coefficient (Wildman–Crippen LogP) is 4.94. The fourth-order valence-corrected chi connectivity index (χ4v) is 2.93. The third-order valence-corrected chi connectivity index (χ3v) is 3.90. The number of hydrogen-bond donors (Lipinski definition) is 0. The van der Waals surface area contributed by atoms with E-state index in [0.717, 1.165) is 17.5 Å². The first-order chi connectivity index (χ1) is 10.4. The third-order valence-electron chi connectivity index (χ3n) is 3.90. The molecule has 0 radical (unpaired) electrons. The van der Waals surface area contributed by atoms with Gasteiger partial charge in [0.2, 0.25) is 0 Å². The second-order valence-corrected chi connectivity index (χ2v) is 6.53. The van der Waals surface area contributed by atoms with Crippen LogP contribution in [0.1, 0.15) is 45.2 Å².